The van der Waals surface area contributed by atoms with Gasteiger partial charge in [-0.2, -0.15) is 0 Å². The zero-order valence-corrected chi connectivity index (χ0v) is 24.1. The molecule has 2 fully saturated rings. The van der Waals surface area contributed by atoms with Crippen LogP contribution in [0.25, 0.3) is 0 Å². The van der Waals surface area contributed by atoms with E-state index in [1.165, 1.54) is 0 Å². The SMILES string of the molecule is Cc1cccc(C(Cc2ccc(C(=N)N)cc2)C(=O)N[C@H](C(=O)NCC2CCN(C(=N)N)CC2)C2CCCCC2)c1. The maximum absolute atomic E-state index is 14.0. The van der Waals surface area contributed by atoms with Crippen molar-refractivity contribution in [2.24, 2.45) is 23.3 Å². The van der Waals surface area contributed by atoms with Gasteiger partial charge in [-0.15, -0.1) is 0 Å². The average molecular weight is 560 g/mol. The topological polar surface area (TPSA) is 161 Å². The first kappa shape index (κ1) is 30.1. The van der Waals surface area contributed by atoms with E-state index in [9.17, 15) is 9.59 Å². The third-order valence-electron chi connectivity index (χ3n) is 8.69. The summed E-state index contributed by atoms with van der Waals surface area (Å²) in [6.45, 7) is 4.03. The number of nitrogen functional groups attached to an aromatic ring is 1. The molecular weight excluding hydrogens is 514 g/mol. The van der Waals surface area contributed by atoms with Gasteiger partial charge < -0.3 is 27.0 Å². The number of aryl methyl sites for hydroxylation is 1. The van der Waals surface area contributed by atoms with Crippen LogP contribution >= 0.6 is 0 Å². The second-order valence-corrected chi connectivity index (χ2v) is 11.7. The minimum atomic E-state index is -0.576. The highest BCUT2D eigenvalue weighted by molar-refractivity contribution is 5.95. The summed E-state index contributed by atoms with van der Waals surface area (Å²) in [7, 11) is 0. The minimum absolute atomic E-state index is 0.00951. The highest BCUT2D eigenvalue weighted by Crippen LogP contribution is 2.29. The summed E-state index contributed by atoms with van der Waals surface area (Å²) in [4.78, 5) is 29.5. The number of rotatable bonds is 10. The van der Waals surface area contributed by atoms with E-state index < -0.39 is 12.0 Å². The van der Waals surface area contributed by atoms with Crippen LogP contribution in [0.5, 0.6) is 0 Å². The van der Waals surface area contributed by atoms with Crippen LogP contribution in [0.3, 0.4) is 0 Å². The van der Waals surface area contributed by atoms with Gasteiger partial charge in [0.05, 0.1) is 5.92 Å². The average Bonchev–Trinajstić information content (AvgIpc) is 2.98. The van der Waals surface area contributed by atoms with Crippen LogP contribution in [0.4, 0.5) is 0 Å². The Balaban J connectivity index is 1.49. The van der Waals surface area contributed by atoms with E-state index in [0.29, 0.717) is 24.4 Å². The van der Waals surface area contributed by atoms with Gasteiger partial charge >= 0.3 is 0 Å². The van der Waals surface area contributed by atoms with E-state index in [1.807, 2.05) is 60.4 Å². The summed E-state index contributed by atoms with van der Waals surface area (Å²) in [6, 6.07) is 14.9. The fourth-order valence-corrected chi connectivity index (χ4v) is 6.16. The van der Waals surface area contributed by atoms with E-state index in [2.05, 4.69) is 10.6 Å². The molecule has 9 heteroatoms. The molecule has 1 saturated carbocycles. The van der Waals surface area contributed by atoms with Gasteiger partial charge in [-0.25, -0.2) is 0 Å². The van der Waals surface area contributed by atoms with E-state index in [1.54, 1.807) is 0 Å². The van der Waals surface area contributed by atoms with Crippen molar-refractivity contribution in [3.63, 3.8) is 0 Å². The van der Waals surface area contributed by atoms with Crippen molar-refractivity contribution < 1.29 is 9.59 Å². The lowest BCUT2D eigenvalue weighted by Crippen LogP contribution is -2.53. The van der Waals surface area contributed by atoms with Crippen LogP contribution in [0.15, 0.2) is 48.5 Å². The normalized spacial score (nSPS) is 17.8. The summed E-state index contributed by atoms with van der Waals surface area (Å²) in [5.74, 6) is -0.163. The molecule has 0 aromatic heterocycles. The van der Waals surface area contributed by atoms with Crippen LogP contribution < -0.4 is 22.1 Å². The number of amidine groups is 1. The number of amides is 2. The van der Waals surface area contributed by atoms with Crippen molar-refractivity contribution in [1.82, 2.24) is 15.5 Å². The predicted octanol–water partition coefficient (Wildman–Crippen LogP) is 3.39. The number of benzene rings is 2. The third kappa shape index (κ3) is 8.31. The van der Waals surface area contributed by atoms with Gasteiger partial charge in [0.25, 0.3) is 0 Å². The number of hydrogen-bond acceptors (Lipinski definition) is 4. The van der Waals surface area contributed by atoms with E-state index >= 15 is 0 Å². The molecule has 9 nitrogen and oxygen atoms in total. The molecule has 2 aromatic rings. The Morgan fingerprint density at radius 2 is 1.63 bits per heavy atom. The minimum Gasteiger partial charge on any atom is -0.384 e. The van der Waals surface area contributed by atoms with Gasteiger partial charge in [0.2, 0.25) is 11.8 Å². The first-order valence-electron chi connectivity index (χ1n) is 14.9. The van der Waals surface area contributed by atoms with Gasteiger partial charge in [0.1, 0.15) is 11.9 Å². The Hall–Kier alpha value is -3.88. The molecule has 2 amide bonds. The van der Waals surface area contributed by atoms with Crippen LogP contribution in [-0.4, -0.2) is 54.2 Å². The summed E-state index contributed by atoms with van der Waals surface area (Å²) in [6.07, 6.45) is 7.37. The Morgan fingerprint density at radius 1 is 0.951 bits per heavy atom. The quantitative estimate of drug-likeness (QED) is 0.194. The number of likely N-dealkylation sites (tertiary alicyclic amines) is 1. The molecule has 41 heavy (non-hydrogen) atoms. The Morgan fingerprint density at radius 3 is 2.24 bits per heavy atom. The molecule has 2 aliphatic rings. The highest BCUT2D eigenvalue weighted by Gasteiger charge is 2.34. The summed E-state index contributed by atoms with van der Waals surface area (Å²) in [5, 5.41) is 21.7. The maximum atomic E-state index is 14.0. The zero-order valence-electron chi connectivity index (χ0n) is 24.1. The molecule has 1 unspecified atom stereocenters. The first-order chi connectivity index (χ1) is 19.7. The summed E-state index contributed by atoms with van der Waals surface area (Å²) in [5.41, 5.74) is 14.9. The molecule has 1 heterocycles. The van der Waals surface area contributed by atoms with Gasteiger partial charge in [-0.3, -0.25) is 20.4 Å². The lowest BCUT2D eigenvalue weighted by atomic mass is 9.82. The van der Waals surface area contributed by atoms with Crippen LogP contribution in [0.1, 0.15) is 73.1 Å². The van der Waals surface area contributed by atoms with Crippen molar-refractivity contribution in [3.05, 3.63) is 70.8 Å². The number of carbonyl (C=O) groups is 2. The number of nitrogens with zero attached hydrogens (tertiary/aromatic N) is 1. The number of nitrogens with one attached hydrogen (secondary N) is 4. The second-order valence-electron chi connectivity index (χ2n) is 11.7. The number of piperidine rings is 1. The lowest BCUT2D eigenvalue weighted by Gasteiger charge is -2.34. The molecule has 220 valence electrons. The molecule has 1 aliphatic heterocycles. The Bertz CT molecular complexity index is 1210. The Labute approximate surface area is 243 Å². The van der Waals surface area contributed by atoms with Crippen LogP contribution in [0, 0.1) is 29.6 Å². The zero-order chi connectivity index (χ0) is 29.4. The predicted molar refractivity (Wildman–Crippen MR) is 163 cm³/mol. The molecule has 2 aromatic carbocycles. The van der Waals surface area contributed by atoms with E-state index in [-0.39, 0.29) is 29.5 Å². The van der Waals surface area contributed by atoms with Gasteiger partial charge in [0.15, 0.2) is 5.96 Å². The van der Waals surface area contributed by atoms with Crippen molar-refractivity contribution >= 4 is 23.6 Å². The standard InChI is InChI=1S/C32H45N7O2/c1-21-6-5-9-26(18-21)27(19-22-10-12-25(13-11-22)29(33)34)30(40)38-28(24-7-3-2-4-8-24)31(41)37-20-23-14-16-39(17-15-23)32(35)36/h5-6,9-13,18,23-24,27-28H,2-4,7-8,14-17,19-20H2,1H3,(H3,33,34)(H3,35,36)(H,37,41)(H,38,40)/t27?,28-/m0/s1. The molecule has 1 aliphatic carbocycles. The second kappa shape index (κ2) is 14.1. The number of guanidine groups is 1. The highest BCUT2D eigenvalue weighted by atomic mass is 16.2. The monoisotopic (exact) mass is 559 g/mol. The molecule has 0 spiro atoms. The van der Waals surface area contributed by atoms with Crippen LogP contribution in [-0.2, 0) is 16.0 Å². The van der Waals surface area contributed by atoms with Crippen molar-refractivity contribution in [2.75, 3.05) is 19.6 Å². The molecule has 4 rings (SSSR count). The number of hydrogen-bond donors (Lipinski definition) is 6. The van der Waals surface area contributed by atoms with Crippen molar-refractivity contribution in [2.45, 2.75) is 70.3 Å². The Kier molecular flexibility index (Phi) is 10.4. The summed E-state index contributed by atoms with van der Waals surface area (Å²) < 4.78 is 0. The molecule has 2 atom stereocenters. The molecule has 0 radical (unpaired) electrons. The van der Waals surface area contributed by atoms with Gasteiger partial charge in [-0.1, -0.05) is 73.4 Å². The molecule has 1 saturated heterocycles. The lowest BCUT2D eigenvalue weighted by molar-refractivity contribution is -0.131. The maximum Gasteiger partial charge on any atom is 0.242 e. The molecule has 0 bridgehead atoms. The molecular formula is C32H45N7O2. The van der Waals surface area contributed by atoms with Gasteiger partial charge in [0, 0.05) is 25.2 Å². The fourth-order valence-electron chi connectivity index (χ4n) is 6.16. The number of nitrogens with two attached hydrogens (primary N) is 2. The van der Waals surface area contributed by atoms with E-state index in [4.69, 9.17) is 22.3 Å². The number of carbonyl (C=O) groups excluding carboxylic acids is 2. The molecule has 8 N–H and O–H groups in total. The smallest absolute Gasteiger partial charge is 0.242 e. The summed E-state index contributed by atoms with van der Waals surface area (Å²) >= 11 is 0. The third-order valence-corrected chi connectivity index (χ3v) is 8.69. The van der Waals surface area contributed by atoms with E-state index in [0.717, 1.165) is 74.7 Å². The van der Waals surface area contributed by atoms with Crippen LogP contribution in [0.2, 0.25) is 0 Å². The van der Waals surface area contributed by atoms with Gasteiger partial charge in [-0.05, 0) is 62.0 Å². The largest absolute Gasteiger partial charge is 0.384 e. The fraction of sp³-hybridized carbons (Fsp3) is 0.500. The van der Waals surface area contributed by atoms with Crippen molar-refractivity contribution in [3.8, 4) is 0 Å². The first-order valence-corrected chi connectivity index (χ1v) is 14.9. The van der Waals surface area contributed by atoms with Crippen molar-refractivity contribution in [1.29, 1.82) is 10.8 Å².